The van der Waals surface area contributed by atoms with Gasteiger partial charge in [0.05, 0.1) is 24.9 Å². The molecule has 1 N–H and O–H groups in total. The lowest BCUT2D eigenvalue weighted by atomic mass is 10.0. The molecule has 7 nitrogen and oxygen atoms in total. The fourth-order valence-corrected chi connectivity index (χ4v) is 4.11. The minimum atomic E-state index is -0.931. The largest absolute Gasteiger partial charge is 0.489 e. The van der Waals surface area contributed by atoms with Crippen LogP contribution in [0, 0.1) is 18.6 Å². The lowest BCUT2D eigenvalue weighted by molar-refractivity contribution is -0.0825. The van der Waals surface area contributed by atoms with Crippen molar-refractivity contribution in [3.8, 4) is 11.4 Å². The van der Waals surface area contributed by atoms with E-state index in [-0.39, 0.29) is 6.10 Å². The molecule has 0 bridgehead atoms. The highest BCUT2D eigenvalue weighted by Crippen LogP contribution is 2.27. The lowest BCUT2D eigenvalue weighted by Crippen LogP contribution is -2.54. The monoisotopic (exact) mass is 441 g/mol. The first kappa shape index (κ1) is 20.8. The van der Waals surface area contributed by atoms with Crippen molar-refractivity contribution in [3.05, 3.63) is 59.9 Å². The SMILES string of the molecule is Cc1cc(Nc2ncn(-c3ccc(F)c(F)c3)n2)cc(O[C@@H]2CCCN(C3COC3)C2)c1. The Balaban J connectivity index is 1.27. The molecule has 3 heterocycles. The second-order valence-electron chi connectivity index (χ2n) is 8.34. The third-order valence-electron chi connectivity index (χ3n) is 5.82. The Morgan fingerprint density at radius 1 is 1.12 bits per heavy atom. The van der Waals surface area contributed by atoms with Gasteiger partial charge in [-0.2, -0.15) is 4.98 Å². The topological polar surface area (TPSA) is 64.4 Å². The highest BCUT2D eigenvalue weighted by atomic mass is 19.2. The predicted octanol–water partition coefficient (Wildman–Crippen LogP) is 3.84. The molecule has 5 rings (SSSR count). The number of anilines is 2. The molecule has 0 unspecified atom stereocenters. The number of benzene rings is 2. The highest BCUT2D eigenvalue weighted by Gasteiger charge is 2.31. The van der Waals surface area contributed by atoms with E-state index in [0.29, 0.717) is 17.7 Å². The van der Waals surface area contributed by atoms with E-state index in [1.807, 2.05) is 25.1 Å². The maximum absolute atomic E-state index is 13.5. The minimum absolute atomic E-state index is 0.143. The zero-order valence-electron chi connectivity index (χ0n) is 17.8. The third kappa shape index (κ3) is 4.58. The van der Waals surface area contributed by atoms with Gasteiger partial charge in [0.2, 0.25) is 5.95 Å². The number of aryl methyl sites for hydroxylation is 1. The normalized spacial score (nSPS) is 19.5. The molecule has 0 saturated carbocycles. The van der Waals surface area contributed by atoms with Crippen LogP contribution in [0.5, 0.6) is 5.75 Å². The zero-order valence-corrected chi connectivity index (χ0v) is 17.8. The van der Waals surface area contributed by atoms with Gasteiger partial charge in [-0.3, -0.25) is 4.90 Å². The molecule has 2 aliphatic rings. The van der Waals surface area contributed by atoms with Crippen LogP contribution in [0.25, 0.3) is 5.69 Å². The van der Waals surface area contributed by atoms with Crippen molar-refractivity contribution in [1.29, 1.82) is 0 Å². The van der Waals surface area contributed by atoms with E-state index < -0.39 is 11.6 Å². The van der Waals surface area contributed by atoms with Crippen LogP contribution in [-0.4, -0.2) is 58.1 Å². The van der Waals surface area contributed by atoms with E-state index in [9.17, 15) is 8.78 Å². The summed E-state index contributed by atoms with van der Waals surface area (Å²) in [6.45, 7) is 5.64. The minimum Gasteiger partial charge on any atom is -0.489 e. The molecule has 0 amide bonds. The van der Waals surface area contributed by atoms with Crippen LogP contribution in [0.4, 0.5) is 20.4 Å². The Labute approximate surface area is 185 Å². The molecule has 2 aromatic carbocycles. The van der Waals surface area contributed by atoms with Gasteiger partial charge >= 0.3 is 0 Å². The van der Waals surface area contributed by atoms with Gasteiger partial charge < -0.3 is 14.8 Å². The number of hydrogen-bond acceptors (Lipinski definition) is 6. The van der Waals surface area contributed by atoms with Crippen LogP contribution < -0.4 is 10.1 Å². The van der Waals surface area contributed by atoms with Crippen molar-refractivity contribution in [2.24, 2.45) is 0 Å². The average molecular weight is 441 g/mol. The molecule has 3 aromatic rings. The van der Waals surface area contributed by atoms with E-state index in [0.717, 1.165) is 68.3 Å². The van der Waals surface area contributed by atoms with Gasteiger partial charge in [0, 0.05) is 24.4 Å². The summed E-state index contributed by atoms with van der Waals surface area (Å²) in [4.78, 5) is 6.69. The first-order chi connectivity index (χ1) is 15.5. The van der Waals surface area contributed by atoms with Crippen molar-refractivity contribution in [1.82, 2.24) is 19.7 Å². The molecular weight excluding hydrogens is 416 g/mol. The number of likely N-dealkylation sites (tertiary alicyclic amines) is 1. The van der Waals surface area contributed by atoms with Gasteiger partial charge in [-0.25, -0.2) is 13.5 Å². The number of nitrogens with zero attached hydrogens (tertiary/aromatic N) is 4. The van der Waals surface area contributed by atoms with Crippen LogP contribution in [-0.2, 0) is 4.74 Å². The summed E-state index contributed by atoms with van der Waals surface area (Å²) in [6.07, 6.45) is 3.73. The molecule has 2 saturated heterocycles. The molecule has 1 atom stereocenters. The van der Waals surface area contributed by atoms with Crippen molar-refractivity contribution in [2.45, 2.75) is 31.9 Å². The van der Waals surface area contributed by atoms with Crippen LogP contribution in [0.2, 0.25) is 0 Å². The van der Waals surface area contributed by atoms with Gasteiger partial charge in [0.15, 0.2) is 11.6 Å². The number of ether oxygens (including phenoxy) is 2. The maximum atomic E-state index is 13.5. The summed E-state index contributed by atoms with van der Waals surface area (Å²) in [5, 5.41) is 7.48. The molecule has 2 aliphatic heterocycles. The fraction of sp³-hybridized carbons (Fsp3) is 0.391. The van der Waals surface area contributed by atoms with Gasteiger partial charge in [-0.15, -0.1) is 5.10 Å². The van der Waals surface area contributed by atoms with E-state index in [4.69, 9.17) is 9.47 Å². The molecule has 0 aliphatic carbocycles. The summed E-state index contributed by atoms with van der Waals surface area (Å²) in [7, 11) is 0. The Bertz CT molecular complexity index is 1100. The number of nitrogens with one attached hydrogen (secondary N) is 1. The van der Waals surface area contributed by atoms with Crippen LogP contribution in [0.3, 0.4) is 0 Å². The van der Waals surface area contributed by atoms with Gasteiger partial charge in [-0.1, -0.05) is 0 Å². The first-order valence-corrected chi connectivity index (χ1v) is 10.8. The number of aromatic nitrogens is 3. The third-order valence-corrected chi connectivity index (χ3v) is 5.82. The smallest absolute Gasteiger partial charge is 0.246 e. The zero-order chi connectivity index (χ0) is 22.1. The van der Waals surface area contributed by atoms with E-state index in [1.54, 1.807) is 0 Å². The second-order valence-corrected chi connectivity index (χ2v) is 8.34. The second kappa shape index (κ2) is 8.84. The lowest BCUT2D eigenvalue weighted by Gasteiger charge is -2.41. The average Bonchev–Trinajstić information content (AvgIpc) is 3.17. The summed E-state index contributed by atoms with van der Waals surface area (Å²) in [5.41, 5.74) is 2.23. The summed E-state index contributed by atoms with van der Waals surface area (Å²) in [5.74, 6) is -0.690. The Kier molecular flexibility index (Phi) is 5.75. The van der Waals surface area contributed by atoms with Crippen LogP contribution in [0.15, 0.2) is 42.7 Å². The Hall–Kier alpha value is -3.04. The van der Waals surface area contributed by atoms with E-state index >= 15 is 0 Å². The van der Waals surface area contributed by atoms with Crippen molar-refractivity contribution >= 4 is 11.6 Å². The molecular formula is C23H25F2N5O2. The van der Waals surface area contributed by atoms with Crippen molar-refractivity contribution < 1.29 is 18.3 Å². The van der Waals surface area contributed by atoms with Gasteiger partial charge in [0.1, 0.15) is 18.2 Å². The Morgan fingerprint density at radius 2 is 2.00 bits per heavy atom. The Morgan fingerprint density at radius 3 is 2.78 bits per heavy atom. The summed E-state index contributed by atoms with van der Waals surface area (Å²) < 4.78 is 39.7. The van der Waals surface area contributed by atoms with Crippen LogP contribution >= 0.6 is 0 Å². The van der Waals surface area contributed by atoms with Crippen molar-refractivity contribution in [2.75, 3.05) is 31.6 Å². The molecule has 168 valence electrons. The maximum Gasteiger partial charge on any atom is 0.246 e. The number of hydrogen-bond donors (Lipinski definition) is 1. The van der Waals surface area contributed by atoms with Crippen LogP contribution in [0.1, 0.15) is 18.4 Å². The van der Waals surface area contributed by atoms with Crippen molar-refractivity contribution in [3.63, 3.8) is 0 Å². The fourth-order valence-electron chi connectivity index (χ4n) is 4.11. The predicted molar refractivity (Wildman–Crippen MR) is 116 cm³/mol. The molecule has 2 fully saturated rings. The number of rotatable bonds is 6. The van der Waals surface area contributed by atoms with E-state index in [2.05, 4.69) is 20.3 Å². The number of halogens is 2. The summed E-state index contributed by atoms with van der Waals surface area (Å²) in [6, 6.07) is 10.0. The summed E-state index contributed by atoms with van der Waals surface area (Å²) >= 11 is 0. The first-order valence-electron chi connectivity index (χ1n) is 10.8. The quantitative estimate of drug-likeness (QED) is 0.627. The van der Waals surface area contributed by atoms with E-state index in [1.165, 1.54) is 17.1 Å². The molecule has 0 spiro atoms. The number of piperidine rings is 1. The molecule has 9 heteroatoms. The molecule has 32 heavy (non-hydrogen) atoms. The van der Waals surface area contributed by atoms with Gasteiger partial charge in [0.25, 0.3) is 0 Å². The molecule has 1 aromatic heterocycles. The molecule has 0 radical (unpaired) electrons. The van der Waals surface area contributed by atoms with Gasteiger partial charge in [-0.05, 0) is 56.1 Å². The highest BCUT2D eigenvalue weighted by molar-refractivity contribution is 5.57. The standard InChI is InChI=1S/C23H25F2N5O2/c1-15-7-16(27-23-26-14-30(28-23)17-4-5-21(24)22(25)10-17)9-20(8-15)32-19-3-2-6-29(11-19)18-12-31-13-18/h4-5,7-10,14,18-19H,2-3,6,11-13H2,1H3,(H,27,28)/t19-/m1/s1.